The molecule has 126 valence electrons. The van der Waals surface area contributed by atoms with Crippen LogP contribution in [-0.4, -0.2) is 43.9 Å². The third-order valence-corrected chi connectivity index (χ3v) is 4.39. The molecule has 0 atom stereocenters. The van der Waals surface area contributed by atoms with E-state index in [1.807, 2.05) is 29.2 Å². The van der Waals surface area contributed by atoms with Crippen LogP contribution in [0, 0.1) is 0 Å². The molecule has 7 heteroatoms. The molecule has 3 heterocycles. The Balaban J connectivity index is 1.30. The molecule has 0 unspecified atom stereocenters. The maximum atomic E-state index is 12.4. The van der Waals surface area contributed by atoms with Crippen molar-refractivity contribution in [3.63, 3.8) is 0 Å². The first-order chi connectivity index (χ1) is 11.8. The lowest BCUT2D eigenvalue weighted by Gasteiger charge is -2.31. The Hall–Kier alpha value is -2.67. The van der Waals surface area contributed by atoms with E-state index in [4.69, 9.17) is 13.9 Å². The standard InChI is InChI=1S/C17H19N3O4/c21-17(18-13-3-4-15-16(10-13)24-12-23-15)20-7-5-19(6-8-20)11-14-2-1-9-22-14/h1-4,9-10H,5-8,11-12H2,(H,18,21)/p+1. The summed E-state index contributed by atoms with van der Waals surface area (Å²) in [6, 6.07) is 9.24. The molecule has 2 aromatic rings. The number of carbonyl (C=O) groups is 1. The Morgan fingerprint density at radius 3 is 2.79 bits per heavy atom. The predicted molar refractivity (Wildman–Crippen MR) is 86.3 cm³/mol. The summed E-state index contributed by atoms with van der Waals surface area (Å²) >= 11 is 0. The highest BCUT2D eigenvalue weighted by Crippen LogP contribution is 2.34. The molecule has 0 bridgehead atoms. The first-order valence-electron chi connectivity index (χ1n) is 8.09. The second-order valence-corrected chi connectivity index (χ2v) is 5.99. The maximum absolute atomic E-state index is 12.4. The van der Waals surface area contributed by atoms with Gasteiger partial charge in [0.1, 0.15) is 6.54 Å². The minimum Gasteiger partial charge on any atom is -0.463 e. The molecule has 0 spiro atoms. The van der Waals surface area contributed by atoms with E-state index >= 15 is 0 Å². The number of anilines is 1. The van der Waals surface area contributed by atoms with Gasteiger partial charge in [0.05, 0.1) is 32.4 Å². The zero-order valence-corrected chi connectivity index (χ0v) is 13.3. The number of benzene rings is 1. The van der Waals surface area contributed by atoms with Gasteiger partial charge in [-0.05, 0) is 24.3 Å². The highest BCUT2D eigenvalue weighted by Gasteiger charge is 2.24. The lowest BCUT2D eigenvalue weighted by molar-refractivity contribution is -0.918. The average molecular weight is 330 g/mol. The van der Waals surface area contributed by atoms with E-state index in [1.165, 1.54) is 4.90 Å². The molecule has 2 amide bonds. The van der Waals surface area contributed by atoms with Crippen molar-refractivity contribution in [3.05, 3.63) is 42.4 Å². The number of rotatable bonds is 3. The lowest BCUT2D eigenvalue weighted by atomic mass is 10.2. The van der Waals surface area contributed by atoms with Gasteiger partial charge in [-0.25, -0.2) is 4.79 Å². The van der Waals surface area contributed by atoms with Crippen LogP contribution in [0.3, 0.4) is 0 Å². The molecule has 1 saturated heterocycles. The largest absolute Gasteiger partial charge is 0.463 e. The number of nitrogens with zero attached hydrogens (tertiary/aromatic N) is 1. The van der Waals surface area contributed by atoms with Crippen molar-refractivity contribution in [1.29, 1.82) is 0 Å². The number of carbonyl (C=O) groups excluding carboxylic acids is 1. The molecule has 0 radical (unpaired) electrons. The highest BCUT2D eigenvalue weighted by atomic mass is 16.7. The first-order valence-corrected chi connectivity index (χ1v) is 8.09. The number of amides is 2. The van der Waals surface area contributed by atoms with Crippen LogP contribution in [0.5, 0.6) is 11.5 Å². The van der Waals surface area contributed by atoms with E-state index in [0.29, 0.717) is 11.5 Å². The zero-order chi connectivity index (χ0) is 16.4. The van der Waals surface area contributed by atoms with Crippen molar-refractivity contribution < 1.29 is 23.6 Å². The van der Waals surface area contributed by atoms with Crippen molar-refractivity contribution in [2.45, 2.75) is 6.54 Å². The molecule has 2 aliphatic rings. The number of hydrogen-bond acceptors (Lipinski definition) is 4. The summed E-state index contributed by atoms with van der Waals surface area (Å²) in [7, 11) is 0. The Morgan fingerprint density at radius 2 is 2.00 bits per heavy atom. The molecule has 2 aliphatic heterocycles. The summed E-state index contributed by atoms with van der Waals surface area (Å²) in [6.07, 6.45) is 1.70. The molecule has 0 saturated carbocycles. The molecule has 24 heavy (non-hydrogen) atoms. The summed E-state index contributed by atoms with van der Waals surface area (Å²) in [5, 5.41) is 2.93. The second-order valence-electron chi connectivity index (χ2n) is 5.99. The smallest absolute Gasteiger partial charge is 0.322 e. The number of furan rings is 1. The molecule has 0 aliphatic carbocycles. The third kappa shape index (κ3) is 3.16. The number of fused-ring (bicyclic) bond motifs is 1. The highest BCUT2D eigenvalue weighted by molar-refractivity contribution is 5.89. The fourth-order valence-electron chi connectivity index (χ4n) is 3.04. The summed E-state index contributed by atoms with van der Waals surface area (Å²) in [6.45, 7) is 4.38. The summed E-state index contributed by atoms with van der Waals surface area (Å²) in [5.41, 5.74) is 0.717. The molecule has 2 N–H and O–H groups in total. The Kier molecular flexibility index (Phi) is 4.00. The molecular formula is C17H20N3O4+. The van der Waals surface area contributed by atoms with Gasteiger partial charge in [-0.2, -0.15) is 0 Å². The van der Waals surface area contributed by atoms with Crippen LogP contribution >= 0.6 is 0 Å². The van der Waals surface area contributed by atoms with E-state index in [0.717, 1.165) is 44.2 Å². The molecule has 1 fully saturated rings. The van der Waals surface area contributed by atoms with Crippen LogP contribution < -0.4 is 19.7 Å². The van der Waals surface area contributed by atoms with Crippen molar-refractivity contribution in [3.8, 4) is 11.5 Å². The van der Waals surface area contributed by atoms with Crippen LogP contribution in [0.2, 0.25) is 0 Å². The molecule has 1 aromatic heterocycles. The van der Waals surface area contributed by atoms with Crippen LogP contribution in [0.15, 0.2) is 41.0 Å². The number of urea groups is 1. The number of hydrogen-bond donors (Lipinski definition) is 2. The number of quaternary nitrogens is 1. The summed E-state index contributed by atoms with van der Waals surface area (Å²) in [4.78, 5) is 15.7. The van der Waals surface area contributed by atoms with Gasteiger partial charge in [0.15, 0.2) is 17.3 Å². The maximum Gasteiger partial charge on any atom is 0.322 e. The monoisotopic (exact) mass is 330 g/mol. The van der Waals surface area contributed by atoms with Crippen LogP contribution in [-0.2, 0) is 6.54 Å². The molecule has 7 nitrogen and oxygen atoms in total. The van der Waals surface area contributed by atoms with Gasteiger partial charge in [0, 0.05) is 11.8 Å². The van der Waals surface area contributed by atoms with Gasteiger partial charge < -0.3 is 29.0 Å². The third-order valence-electron chi connectivity index (χ3n) is 4.39. The first kappa shape index (κ1) is 14.9. The minimum absolute atomic E-state index is 0.0779. The minimum atomic E-state index is -0.0779. The van der Waals surface area contributed by atoms with Crippen molar-refractivity contribution >= 4 is 11.7 Å². The van der Waals surface area contributed by atoms with E-state index < -0.39 is 0 Å². The quantitative estimate of drug-likeness (QED) is 0.879. The molecule has 4 rings (SSSR count). The topological polar surface area (TPSA) is 68.4 Å². The van der Waals surface area contributed by atoms with Gasteiger partial charge in [-0.3, -0.25) is 0 Å². The Labute approximate surface area is 139 Å². The van der Waals surface area contributed by atoms with Gasteiger partial charge >= 0.3 is 6.03 Å². The van der Waals surface area contributed by atoms with Crippen molar-refractivity contribution in [1.82, 2.24) is 4.90 Å². The number of nitrogens with one attached hydrogen (secondary N) is 2. The molecular weight excluding hydrogens is 310 g/mol. The van der Waals surface area contributed by atoms with Crippen LogP contribution in [0.25, 0.3) is 0 Å². The normalized spacial score (nSPS) is 17.1. The second kappa shape index (κ2) is 6.45. The summed E-state index contributed by atoms with van der Waals surface area (Å²) < 4.78 is 16.0. The average Bonchev–Trinajstić information content (AvgIpc) is 3.26. The fourth-order valence-corrected chi connectivity index (χ4v) is 3.04. The summed E-state index contributed by atoms with van der Waals surface area (Å²) in [5.74, 6) is 2.37. The van der Waals surface area contributed by atoms with Gasteiger partial charge in [-0.1, -0.05) is 0 Å². The number of ether oxygens (including phenoxy) is 2. The fraction of sp³-hybridized carbons (Fsp3) is 0.353. The number of piperazine rings is 1. The predicted octanol–water partition coefficient (Wildman–Crippen LogP) is 0.941. The van der Waals surface area contributed by atoms with E-state index in [-0.39, 0.29) is 12.8 Å². The van der Waals surface area contributed by atoms with Crippen molar-refractivity contribution in [2.24, 2.45) is 0 Å². The lowest BCUT2D eigenvalue weighted by Crippen LogP contribution is -3.13. The van der Waals surface area contributed by atoms with Crippen LogP contribution in [0.4, 0.5) is 10.5 Å². The van der Waals surface area contributed by atoms with Crippen molar-refractivity contribution in [2.75, 3.05) is 38.3 Å². The zero-order valence-electron chi connectivity index (χ0n) is 13.3. The van der Waals surface area contributed by atoms with Gasteiger partial charge in [0.25, 0.3) is 0 Å². The Morgan fingerprint density at radius 1 is 1.17 bits per heavy atom. The van der Waals surface area contributed by atoms with Gasteiger partial charge in [-0.15, -0.1) is 0 Å². The van der Waals surface area contributed by atoms with E-state index in [1.54, 1.807) is 12.3 Å². The van der Waals surface area contributed by atoms with Crippen LogP contribution in [0.1, 0.15) is 5.76 Å². The van der Waals surface area contributed by atoms with Gasteiger partial charge in [0.2, 0.25) is 6.79 Å². The van der Waals surface area contributed by atoms with E-state index in [9.17, 15) is 4.79 Å². The SMILES string of the molecule is O=C(Nc1ccc2c(c1)OCO2)N1CC[NH+](Cc2ccco2)CC1. The molecule has 1 aromatic carbocycles. The van der Waals surface area contributed by atoms with E-state index in [2.05, 4.69) is 5.32 Å². The Bertz CT molecular complexity index is 709.